The molecule has 302 valence electrons. The zero-order chi connectivity index (χ0) is 40.7. The molecule has 0 saturated carbocycles. The normalized spacial score (nSPS) is 16.9. The molecule has 5 amide bonds. The van der Waals surface area contributed by atoms with Crippen LogP contribution < -0.4 is 38.5 Å². The lowest BCUT2D eigenvalue weighted by Gasteiger charge is -2.31. The number of guanidine groups is 1. The zero-order valence-corrected chi connectivity index (χ0v) is 32.3. The van der Waals surface area contributed by atoms with Gasteiger partial charge in [-0.15, -0.1) is 0 Å². The predicted molar refractivity (Wildman–Crippen MR) is 204 cm³/mol. The Hall–Kier alpha value is -4.93. The number of carbonyl (C=O) groups excluding carboxylic acids is 5. The molecule has 1 aliphatic heterocycles. The molecular weight excluding hydrogens is 698 g/mol. The van der Waals surface area contributed by atoms with Gasteiger partial charge in [-0.25, -0.2) is 4.79 Å². The average Bonchev–Trinajstić information content (AvgIpc) is 3.58. The number of nitrogens with two attached hydrogens (primary N) is 3. The summed E-state index contributed by atoms with van der Waals surface area (Å²) in [5.41, 5.74) is 17.4. The van der Waals surface area contributed by atoms with Crippen molar-refractivity contribution in [1.82, 2.24) is 26.2 Å². The molecule has 0 bridgehead atoms. The Labute approximate surface area is 317 Å². The van der Waals surface area contributed by atoms with Gasteiger partial charge < -0.3 is 53.6 Å². The number of aliphatic carboxylic acids is 1. The van der Waals surface area contributed by atoms with Crippen LogP contribution >= 0.6 is 0 Å². The summed E-state index contributed by atoms with van der Waals surface area (Å²) >= 11 is 0. The molecule has 17 nitrogen and oxygen atoms in total. The number of amides is 5. The van der Waals surface area contributed by atoms with Crippen molar-refractivity contribution in [3.8, 4) is 5.75 Å². The Bertz CT molecular complexity index is 1460. The van der Waals surface area contributed by atoms with Crippen LogP contribution in [0.15, 0.2) is 29.3 Å². The summed E-state index contributed by atoms with van der Waals surface area (Å²) in [6.07, 6.45) is 1.65. The maximum Gasteiger partial charge on any atom is 0.326 e. The molecule has 1 aromatic rings. The number of benzene rings is 1. The lowest BCUT2D eigenvalue weighted by molar-refractivity contribution is -0.145. The summed E-state index contributed by atoms with van der Waals surface area (Å²) in [4.78, 5) is 85.4. The number of phenols is 1. The summed E-state index contributed by atoms with van der Waals surface area (Å²) in [5, 5.41) is 30.3. The number of nitrogens with one attached hydrogen (secondary N) is 4. The van der Waals surface area contributed by atoms with Crippen LogP contribution in [-0.4, -0.2) is 106 Å². The molecule has 0 aromatic heterocycles. The van der Waals surface area contributed by atoms with E-state index in [4.69, 9.17) is 17.2 Å². The fourth-order valence-electron chi connectivity index (χ4n) is 6.12. The largest absolute Gasteiger partial charge is 0.508 e. The molecule has 1 fully saturated rings. The number of nitrogens with zero attached hydrogens (tertiary/aromatic N) is 2. The molecule has 12 N–H and O–H groups in total. The third-order valence-corrected chi connectivity index (χ3v) is 9.09. The Balaban J connectivity index is 2.28. The van der Waals surface area contributed by atoms with Gasteiger partial charge in [0, 0.05) is 19.5 Å². The van der Waals surface area contributed by atoms with Crippen molar-refractivity contribution in [2.24, 2.45) is 39.9 Å². The molecule has 0 unspecified atom stereocenters. The number of likely N-dealkylation sites (tertiary alicyclic amines) is 1. The molecule has 1 aliphatic rings. The predicted octanol–water partition coefficient (Wildman–Crippen LogP) is 0.0786. The van der Waals surface area contributed by atoms with Gasteiger partial charge in [-0.1, -0.05) is 53.7 Å². The van der Waals surface area contributed by atoms with Crippen molar-refractivity contribution in [2.75, 3.05) is 13.1 Å². The number of carboxylic acid groups (broad SMARTS) is 1. The van der Waals surface area contributed by atoms with E-state index in [1.807, 2.05) is 27.7 Å². The van der Waals surface area contributed by atoms with Crippen LogP contribution in [0.3, 0.4) is 0 Å². The van der Waals surface area contributed by atoms with Crippen LogP contribution in [0.4, 0.5) is 0 Å². The first kappa shape index (κ1) is 45.2. The monoisotopic (exact) mass is 759 g/mol. The highest BCUT2D eigenvalue weighted by Crippen LogP contribution is 2.21. The molecule has 17 heteroatoms. The minimum Gasteiger partial charge on any atom is -0.508 e. The fraction of sp³-hybridized carbons (Fsp3) is 0.649. The molecule has 1 heterocycles. The number of aromatic hydroxyl groups is 1. The lowest BCUT2D eigenvalue weighted by atomic mass is 9.98. The minimum atomic E-state index is -1.24. The molecule has 0 aliphatic carbocycles. The summed E-state index contributed by atoms with van der Waals surface area (Å²) in [6, 6.07) is -0.161. The molecule has 1 saturated heterocycles. The Morgan fingerprint density at radius 3 is 1.93 bits per heavy atom. The third kappa shape index (κ3) is 14.8. The number of phenolic OH excluding ortho intramolecular Hbond substituents is 1. The maximum atomic E-state index is 14.1. The van der Waals surface area contributed by atoms with Crippen molar-refractivity contribution in [3.63, 3.8) is 0 Å². The molecule has 6 atom stereocenters. The van der Waals surface area contributed by atoms with Gasteiger partial charge in [0.05, 0.1) is 6.04 Å². The van der Waals surface area contributed by atoms with Gasteiger partial charge in [0.2, 0.25) is 29.5 Å². The number of hydrogen-bond acceptors (Lipinski definition) is 9. The fourth-order valence-corrected chi connectivity index (χ4v) is 6.12. The SMILES string of the molecule is CC(C)C[C@H](NC(=O)[C@H](Cc1ccc(O)cc1)NC(=O)[C@@H](N)C(C)C)C(=O)N[C@@H](CC(C)C)C(=O)N1CCC[C@H]1C(=O)N[C@@H](CCCN=C(N)N)C(=O)O. The van der Waals surface area contributed by atoms with Gasteiger partial charge in [-0.3, -0.25) is 29.0 Å². The van der Waals surface area contributed by atoms with E-state index in [0.717, 1.165) is 0 Å². The quantitative estimate of drug-likeness (QED) is 0.0460. The topological polar surface area (TPSA) is 285 Å². The molecule has 0 radical (unpaired) electrons. The summed E-state index contributed by atoms with van der Waals surface area (Å²) in [6.45, 7) is 11.5. The highest BCUT2D eigenvalue weighted by molar-refractivity contribution is 5.96. The first-order chi connectivity index (χ1) is 25.3. The number of carbonyl (C=O) groups is 6. The third-order valence-electron chi connectivity index (χ3n) is 9.09. The Kier molecular flexibility index (Phi) is 18.2. The van der Waals surface area contributed by atoms with Gasteiger partial charge in [0.15, 0.2) is 5.96 Å². The van der Waals surface area contributed by atoms with Crippen LogP contribution in [0.25, 0.3) is 0 Å². The zero-order valence-electron chi connectivity index (χ0n) is 32.3. The summed E-state index contributed by atoms with van der Waals surface area (Å²) in [7, 11) is 0. The van der Waals surface area contributed by atoms with Crippen LogP contribution in [0.2, 0.25) is 0 Å². The Morgan fingerprint density at radius 1 is 0.815 bits per heavy atom. The van der Waals surface area contributed by atoms with Gasteiger partial charge in [-0.05, 0) is 74.0 Å². The van der Waals surface area contributed by atoms with Crippen molar-refractivity contribution in [1.29, 1.82) is 0 Å². The standard InChI is InChI=1S/C37H61N9O8/c1-20(2)17-26(43-32(49)27(44-34(51)30(38)22(5)6)19-23-11-13-24(47)14-12-23)31(48)45-28(18-21(3)4)35(52)46-16-8-10-29(46)33(50)42-25(36(53)54)9-7-15-41-37(39)40/h11-14,20-22,25-30,47H,7-10,15-19,38H2,1-6H3,(H,42,50)(H,43,49)(H,44,51)(H,45,48)(H,53,54)(H4,39,40,41)/t25-,26-,27-,28-,29-,30-/m0/s1. The second-order valence-corrected chi connectivity index (χ2v) is 15.1. The second-order valence-electron chi connectivity index (χ2n) is 15.1. The number of rotatable bonds is 21. The Morgan fingerprint density at radius 2 is 1.37 bits per heavy atom. The smallest absolute Gasteiger partial charge is 0.326 e. The van der Waals surface area contributed by atoms with E-state index < -0.39 is 71.8 Å². The number of hydrogen-bond donors (Lipinski definition) is 9. The minimum absolute atomic E-state index is 0.0334. The summed E-state index contributed by atoms with van der Waals surface area (Å²) < 4.78 is 0. The first-order valence-electron chi connectivity index (χ1n) is 18.6. The lowest BCUT2D eigenvalue weighted by Crippen LogP contribution is -2.60. The molecule has 1 aromatic carbocycles. The second kappa shape index (κ2) is 21.7. The van der Waals surface area contributed by atoms with E-state index in [0.29, 0.717) is 24.8 Å². The molecule has 0 spiro atoms. The van der Waals surface area contributed by atoms with Gasteiger partial charge in [0.1, 0.15) is 36.0 Å². The van der Waals surface area contributed by atoms with Crippen LogP contribution in [0, 0.1) is 17.8 Å². The van der Waals surface area contributed by atoms with E-state index in [1.54, 1.807) is 26.0 Å². The van der Waals surface area contributed by atoms with Crippen molar-refractivity contribution in [2.45, 2.75) is 123 Å². The van der Waals surface area contributed by atoms with E-state index in [9.17, 15) is 39.0 Å². The van der Waals surface area contributed by atoms with Crippen LogP contribution in [0.1, 0.15) is 85.6 Å². The van der Waals surface area contributed by atoms with Gasteiger partial charge >= 0.3 is 5.97 Å². The summed E-state index contributed by atoms with van der Waals surface area (Å²) in [5.74, 6) is -4.56. The van der Waals surface area contributed by atoms with Crippen molar-refractivity contribution in [3.05, 3.63) is 29.8 Å². The van der Waals surface area contributed by atoms with Crippen molar-refractivity contribution >= 4 is 41.5 Å². The maximum absolute atomic E-state index is 14.1. The van der Waals surface area contributed by atoms with E-state index in [-0.39, 0.29) is 68.2 Å². The number of carboxylic acids is 1. The van der Waals surface area contributed by atoms with Gasteiger partial charge in [0.25, 0.3) is 0 Å². The van der Waals surface area contributed by atoms with Crippen LogP contribution in [0.5, 0.6) is 5.75 Å². The molecule has 54 heavy (non-hydrogen) atoms. The molecular formula is C37H61N9O8. The van der Waals surface area contributed by atoms with Gasteiger partial charge in [-0.2, -0.15) is 0 Å². The highest BCUT2D eigenvalue weighted by Gasteiger charge is 2.40. The highest BCUT2D eigenvalue weighted by atomic mass is 16.4. The number of aliphatic imine (C=N–C) groups is 1. The first-order valence-corrected chi connectivity index (χ1v) is 18.6. The van der Waals surface area contributed by atoms with Crippen molar-refractivity contribution < 1.29 is 39.0 Å². The average molecular weight is 760 g/mol. The van der Waals surface area contributed by atoms with Crippen LogP contribution in [-0.2, 0) is 35.2 Å². The van der Waals surface area contributed by atoms with E-state index in [2.05, 4.69) is 26.3 Å². The molecule has 2 rings (SSSR count). The van der Waals surface area contributed by atoms with E-state index >= 15 is 0 Å². The van der Waals surface area contributed by atoms with E-state index in [1.165, 1.54) is 17.0 Å².